The van der Waals surface area contributed by atoms with E-state index in [1.807, 2.05) is 25.5 Å². The number of nitrogens with two attached hydrogens (primary N) is 1. The first-order valence-electron chi connectivity index (χ1n) is 5.61. The van der Waals surface area contributed by atoms with Crippen molar-refractivity contribution >= 4 is 11.6 Å². The highest BCUT2D eigenvalue weighted by atomic mass is 35.5. The Labute approximate surface area is 101 Å². The fourth-order valence-electron chi connectivity index (χ4n) is 1.69. The molecule has 16 heavy (non-hydrogen) atoms. The predicted octanol–water partition coefficient (Wildman–Crippen LogP) is 1.51. The van der Waals surface area contributed by atoms with Gasteiger partial charge in [-0.05, 0) is 20.3 Å². The van der Waals surface area contributed by atoms with E-state index < -0.39 is 5.60 Å². The van der Waals surface area contributed by atoms with Crippen LogP contribution < -0.4 is 5.73 Å². The second kappa shape index (κ2) is 5.17. The first-order valence-corrected chi connectivity index (χ1v) is 5.99. The Hall–Kier alpha value is -0.580. The number of hydrogen-bond acceptors (Lipinski definition) is 3. The van der Waals surface area contributed by atoms with Gasteiger partial charge in [0, 0.05) is 19.5 Å². The minimum Gasteiger partial charge on any atom is -0.388 e. The number of nitrogens with zero attached hydrogens (tertiary/aromatic N) is 2. The van der Waals surface area contributed by atoms with Crippen LogP contribution >= 0.6 is 11.6 Å². The first kappa shape index (κ1) is 13.5. The van der Waals surface area contributed by atoms with Gasteiger partial charge in [-0.2, -0.15) is 5.10 Å². The van der Waals surface area contributed by atoms with Gasteiger partial charge >= 0.3 is 0 Å². The van der Waals surface area contributed by atoms with Crippen molar-refractivity contribution in [2.24, 2.45) is 5.73 Å². The van der Waals surface area contributed by atoms with Crippen molar-refractivity contribution in [1.82, 2.24) is 9.78 Å². The highest BCUT2D eigenvalue weighted by Crippen LogP contribution is 2.25. The number of aryl methyl sites for hydroxylation is 2. The van der Waals surface area contributed by atoms with Crippen molar-refractivity contribution in [3.63, 3.8) is 0 Å². The van der Waals surface area contributed by atoms with Gasteiger partial charge in [-0.3, -0.25) is 4.68 Å². The van der Waals surface area contributed by atoms with Crippen molar-refractivity contribution in [3.05, 3.63) is 16.4 Å². The van der Waals surface area contributed by atoms with Crippen LogP contribution in [0.5, 0.6) is 0 Å². The summed E-state index contributed by atoms with van der Waals surface area (Å²) in [7, 11) is 0. The summed E-state index contributed by atoms with van der Waals surface area (Å²) in [4.78, 5) is 0. The molecule has 1 aromatic heterocycles. The second-order valence-electron chi connectivity index (χ2n) is 4.12. The average molecular weight is 246 g/mol. The molecule has 0 aliphatic carbocycles. The van der Waals surface area contributed by atoms with Crippen LogP contribution in [0.15, 0.2) is 0 Å². The molecule has 0 radical (unpaired) electrons. The van der Waals surface area contributed by atoms with E-state index in [9.17, 15) is 5.11 Å². The van der Waals surface area contributed by atoms with Gasteiger partial charge in [-0.15, -0.1) is 0 Å². The van der Waals surface area contributed by atoms with Crippen LogP contribution in [0.4, 0.5) is 0 Å². The molecule has 0 aliphatic rings. The van der Waals surface area contributed by atoms with Gasteiger partial charge in [0.05, 0.1) is 22.0 Å². The first-order chi connectivity index (χ1) is 7.47. The molecule has 1 unspecified atom stereocenters. The maximum Gasteiger partial charge on any atom is 0.0848 e. The Morgan fingerprint density at radius 2 is 2.12 bits per heavy atom. The summed E-state index contributed by atoms with van der Waals surface area (Å²) in [5.41, 5.74) is 6.38. The fraction of sp³-hybridized carbons (Fsp3) is 0.727. The minimum absolute atomic E-state index is 0.230. The topological polar surface area (TPSA) is 64.1 Å². The minimum atomic E-state index is -0.886. The molecule has 0 fully saturated rings. The molecule has 92 valence electrons. The number of aromatic nitrogens is 2. The van der Waals surface area contributed by atoms with E-state index in [0.717, 1.165) is 17.9 Å². The molecule has 4 nitrogen and oxygen atoms in total. The second-order valence-corrected chi connectivity index (χ2v) is 4.50. The van der Waals surface area contributed by atoms with Gasteiger partial charge in [0.2, 0.25) is 0 Å². The van der Waals surface area contributed by atoms with Crippen LogP contribution in [0, 0.1) is 6.92 Å². The van der Waals surface area contributed by atoms with Crippen molar-refractivity contribution in [2.75, 3.05) is 6.54 Å². The third-order valence-electron chi connectivity index (χ3n) is 2.99. The Balaban J connectivity index is 3.04. The summed E-state index contributed by atoms with van der Waals surface area (Å²) in [5.74, 6) is 0. The molecular weight excluding hydrogens is 226 g/mol. The maximum atomic E-state index is 10.2. The van der Waals surface area contributed by atoms with Gasteiger partial charge in [0.1, 0.15) is 0 Å². The number of rotatable bonds is 5. The molecule has 1 aromatic rings. The van der Waals surface area contributed by atoms with Gasteiger partial charge in [-0.25, -0.2) is 0 Å². The zero-order chi connectivity index (χ0) is 12.3. The smallest absolute Gasteiger partial charge is 0.0848 e. The van der Waals surface area contributed by atoms with Crippen LogP contribution in [0.2, 0.25) is 5.02 Å². The summed E-state index contributed by atoms with van der Waals surface area (Å²) < 4.78 is 1.83. The Morgan fingerprint density at radius 1 is 1.50 bits per heavy atom. The van der Waals surface area contributed by atoms with E-state index in [1.54, 1.807) is 0 Å². The standard InChI is InChI=1S/C11H20ClN3O/c1-4-11(16,7-13)6-9-10(12)8(3)14-15(9)5-2/h16H,4-7,13H2,1-3H3. The van der Waals surface area contributed by atoms with Crippen molar-refractivity contribution in [1.29, 1.82) is 0 Å². The largest absolute Gasteiger partial charge is 0.388 e. The predicted molar refractivity (Wildman–Crippen MR) is 65.6 cm³/mol. The number of hydrogen-bond donors (Lipinski definition) is 2. The van der Waals surface area contributed by atoms with Crippen molar-refractivity contribution in [3.8, 4) is 0 Å². The third kappa shape index (κ3) is 2.56. The van der Waals surface area contributed by atoms with E-state index in [-0.39, 0.29) is 6.54 Å². The number of aliphatic hydroxyl groups is 1. The summed E-state index contributed by atoms with van der Waals surface area (Å²) in [6.07, 6.45) is 1.06. The molecule has 1 heterocycles. The third-order valence-corrected chi connectivity index (χ3v) is 3.48. The number of halogens is 1. The zero-order valence-electron chi connectivity index (χ0n) is 10.1. The lowest BCUT2D eigenvalue weighted by Crippen LogP contribution is -2.40. The molecule has 5 heteroatoms. The summed E-state index contributed by atoms with van der Waals surface area (Å²) >= 11 is 6.18. The fourth-order valence-corrected chi connectivity index (χ4v) is 1.89. The summed E-state index contributed by atoms with van der Waals surface area (Å²) in [6, 6.07) is 0. The lowest BCUT2D eigenvalue weighted by molar-refractivity contribution is 0.0436. The molecule has 1 rings (SSSR count). The SMILES string of the molecule is CCn1nc(C)c(Cl)c1CC(O)(CC)CN. The van der Waals surface area contributed by atoms with Crippen LogP contribution in [0.1, 0.15) is 31.7 Å². The molecule has 0 spiro atoms. The lowest BCUT2D eigenvalue weighted by Gasteiger charge is -2.25. The summed E-state index contributed by atoms with van der Waals surface area (Å²) in [5, 5.41) is 15.2. The molecule has 0 aromatic carbocycles. The molecule has 0 aliphatic heterocycles. The molecule has 0 amide bonds. The normalized spacial score (nSPS) is 15.1. The molecule has 0 bridgehead atoms. The van der Waals surface area contributed by atoms with E-state index in [1.165, 1.54) is 0 Å². The zero-order valence-corrected chi connectivity index (χ0v) is 10.9. The lowest BCUT2D eigenvalue weighted by atomic mass is 9.94. The van der Waals surface area contributed by atoms with E-state index in [0.29, 0.717) is 17.9 Å². The van der Waals surface area contributed by atoms with Gasteiger partial charge in [0.25, 0.3) is 0 Å². The Kier molecular flexibility index (Phi) is 4.35. The van der Waals surface area contributed by atoms with E-state index in [2.05, 4.69) is 5.10 Å². The van der Waals surface area contributed by atoms with Crippen molar-refractivity contribution in [2.45, 2.75) is 45.8 Å². The maximum absolute atomic E-state index is 10.2. The van der Waals surface area contributed by atoms with Crippen LogP contribution in [0.25, 0.3) is 0 Å². The van der Waals surface area contributed by atoms with Crippen LogP contribution in [-0.4, -0.2) is 27.0 Å². The highest BCUT2D eigenvalue weighted by molar-refractivity contribution is 6.31. The highest BCUT2D eigenvalue weighted by Gasteiger charge is 2.27. The quantitative estimate of drug-likeness (QED) is 0.827. The Bertz CT molecular complexity index is 358. The van der Waals surface area contributed by atoms with E-state index in [4.69, 9.17) is 17.3 Å². The molecule has 0 saturated heterocycles. The van der Waals surface area contributed by atoms with Gasteiger partial charge in [-0.1, -0.05) is 18.5 Å². The van der Waals surface area contributed by atoms with Crippen molar-refractivity contribution < 1.29 is 5.11 Å². The molecule has 0 saturated carbocycles. The molecule has 1 atom stereocenters. The van der Waals surface area contributed by atoms with E-state index >= 15 is 0 Å². The van der Waals surface area contributed by atoms with Gasteiger partial charge in [0.15, 0.2) is 0 Å². The average Bonchev–Trinajstić information content (AvgIpc) is 2.56. The monoisotopic (exact) mass is 245 g/mol. The van der Waals surface area contributed by atoms with Gasteiger partial charge < -0.3 is 10.8 Å². The molecule has 3 N–H and O–H groups in total. The van der Waals surface area contributed by atoms with Crippen LogP contribution in [0.3, 0.4) is 0 Å². The molecular formula is C11H20ClN3O. The van der Waals surface area contributed by atoms with Crippen LogP contribution in [-0.2, 0) is 13.0 Å². The Morgan fingerprint density at radius 3 is 2.56 bits per heavy atom. The summed E-state index contributed by atoms with van der Waals surface area (Å²) in [6.45, 7) is 6.76.